The molecule has 0 spiro atoms. The lowest BCUT2D eigenvalue weighted by atomic mass is 10.2. The molecule has 1 atom stereocenters. The third kappa shape index (κ3) is 4.52. The molecule has 1 amide bonds. The summed E-state index contributed by atoms with van der Waals surface area (Å²) in [4.78, 5) is 22.0. The van der Waals surface area contributed by atoms with E-state index in [1.165, 1.54) is 6.07 Å². The fourth-order valence-electron chi connectivity index (χ4n) is 2.84. The van der Waals surface area contributed by atoms with Gasteiger partial charge in [-0.2, -0.15) is 0 Å². The average Bonchev–Trinajstić information content (AvgIpc) is 2.96. The van der Waals surface area contributed by atoms with Crippen LogP contribution in [0.2, 0.25) is 0 Å². The van der Waals surface area contributed by atoms with Crippen molar-refractivity contribution in [3.05, 3.63) is 64.6 Å². The van der Waals surface area contributed by atoms with Gasteiger partial charge in [0.2, 0.25) is 0 Å². The van der Waals surface area contributed by atoms with Gasteiger partial charge in [-0.3, -0.25) is 14.0 Å². The molecule has 2 heterocycles. The maximum atomic E-state index is 13.9. The summed E-state index contributed by atoms with van der Waals surface area (Å²) in [5.74, 6) is -1.59. The van der Waals surface area contributed by atoms with E-state index in [1.54, 1.807) is 37.4 Å². The van der Waals surface area contributed by atoms with Gasteiger partial charge in [-0.25, -0.2) is 19.2 Å². The van der Waals surface area contributed by atoms with Crippen molar-refractivity contribution in [3.63, 3.8) is 0 Å². The molecule has 0 aliphatic rings. The Bertz CT molecular complexity index is 1030. The largest absolute Gasteiger partial charge is 0.485 e. The number of benzene rings is 1. The lowest BCUT2D eigenvalue weighted by Crippen LogP contribution is -2.31. The average molecular weight is 404 g/mol. The van der Waals surface area contributed by atoms with Crippen LogP contribution < -0.4 is 16.0 Å². The highest BCUT2D eigenvalue weighted by molar-refractivity contribution is 5.94. The highest BCUT2D eigenvalue weighted by atomic mass is 19.1. The summed E-state index contributed by atoms with van der Waals surface area (Å²) in [6.07, 6.45) is 1.71. The number of carbonyl (C=O) groups is 1. The van der Waals surface area contributed by atoms with Crippen LogP contribution in [0.5, 0.6) is 5.75 Å². The molecule has 154 valence electrons. The van der Waals surface area contributed by atoms with Crippen molar-refractivity contribution in [2.45, 2.75) is 33.4 Å². The molecule has 0 saturated carbocycles. The van der Waals surface area contributed by atoms with E-state index in [0.29, 0.717) is 17.1 Å². The number of carbonyl (C=O) groups excluding carboxylic acids is 1. The van der Waals surface area contributed by atoms with Crippen molar-refractivity contribution in [1.82, 2.24) is 14.9 Å². The third-order valence-corrected chi connectivity index (χ3v) is 4.16. The molecule has 0 aliphatic carbocycles. The van der Waals surface area contributed by atoms with Crippen molar-refractivity contribution < 1.29 is 23.1 Å². The number of nitrogens with two attached hydrogens (primary N) is 1. The molecule has 3 rings (SSSR count). The summed E-state index contributed by atoms with van der Waals surface area (Å²) >= 11 is 0. The van der Waals surface area contributed by atoms with Crippen LogP contribution in [0.3, 0.4) is 0 Å². The standard InChI is InChI=1S/C20H22F2N4O3/c1-11-7-17(28-10-14-15(21)5-4-6-16(14)22)19-24-13(3)18(26(19)8-11)20(27)25-29-9-12(2)23/h4-8,12H,9-10,23H2,1-3H3,(H,25,27). The molecule has 0 fully saturated rings. The predicted octanol–water partition coefficient (Wildman–Crippen LogP) is 2.82. The summed E-state index contributed by atoms with van der Waals surface area (Å²) < 4.78 is 35.0. The second-order valence-electron chi connectivity index (χ2n) is 6.83. The first-order valence-corrected chi connectivity index (χ1v) is 9.00. The van der Waals surface area contributed by atoms with Crippen LogP contribution in [-0.4, -0.2) is 27.9 Å². The molecule has 7 nitrogen and oxygen atoms in total. The number of nitrogens with one attached hydrogen (secondary N) is 1. The number of ether oxygens (including phenoxy) is 1. The monoisotopic (exact) mass is 404 g/mol. The molecule has 1 aromatic carbocycles. The minimum atomic E-state index is -0.695. The van der Waals surface area contributed by atoms with Gasteiger partial charge in [0.25, 0.3) is 5.91 Å². The van der Waals surface area contributed by atoms with Crippen molar-refractivity contribution in [2.24, 2.45) is 5.73 Å². The summed E-state index contributed by atoms with van der Waals surface area (Å²) in [7, 11) is 0. The maximum absolute atomic E-state index is 13.9. The molecule has 0 bridgehead atoms. The minimum absolute atomic E-state index is 0.156. The second-order valence-corrected chi connectivity index (χ2v) is 6.83. The molecule has 3 N–H and O–H groups in total. The van der Waals surface area contributed by atoms with Crippen molar-refractivity contribution in [2.75, 3.05) is 6.61 Å². The molecule has 1 unspecified atom stereocenters. The first-order valence-electron chi connectivity index (χ1n) is 9.00. The van der Waals surface area contributed by atoms with Gasteiger partial charge in [-0.05, 0) is 44.5 Å². The van der Waals surface area contributed by atoms with Gasteiger partial charge >= 0.3 is 0 Å². The van der Waals surface area contributed by atoms with Gasteiger partial charge in [-0.1, -0.05) is 6.07 Å². The number of hydroxylamine groups is 1. The highest BCUT2D eigenvalue weighted by Gasteiger charge is 2.20. The number of halogens is 2. The number of nitrogens with zero attached hydrogens (tertiary/aromatic N) is 2. The Kier molecular flexibility index (Phi) is 6.09. The normalized spacial score (nSPS) is 12.2. The molecule has 0 radical (unpaired) electrons. The Balaban J connectivity index is 1.91. The quantitative estimate of drug-likeness (QED) is 0.591. The summed E-state index contributed by atoms with van der Waals surface area (Å²) in [6, 6.07) is 5.07. The van der Waals surface area contributed by atoms with Gasteiger partial charge in [-0.15, -0.1) is 0 Å². The Hall–Kier alpha value is -3.04. The molecular weight excluding hydrogens is 382 g/mol. The van der Waals surface area contributed by atoms with Crippen LogP contribution in [-0.2, 0) is 11.4 Å². The van der Waals surface area contributed by atoms with Gasteiger partial charge in [0.15, 0.2) is 11.4 Å². The number of aromatic nitrogens is 2. The van der Waals surface area contributed by atoms with Crippen molar-refractivity contribution in [3.8, 4) is 5.75 Å². The Morgan fingerprint density at radius 1 is 1.31 bits per heavy atom. The first kappa shape index (κ1) is 20.7. The van der Waals surface area contributed by atoms with E-state index in [-0.39, 0.29) is 30.5 Å². The minimum Gasteiger partial charge on any atom is -0.485 e. The van der Waals surface area contributed by atoms with E-state index in [0.717, 1.165) is 17.7 Å². The zero-order valence-electron chi connectivity index (χ0n) is 16.3. The smallest absolute Gasteiger partial charge is 0.293 e. The van der Waals surface area contributed by atoms with E-state index in [1.807, 2.05) is 0 Å². The Labute approximate surface area is 166 Å². The molecule has 29 heavy (non-hydrogen) atoms. The fourth-order valence-corrected chi connectivity index (χ4v) is 2.84. The summed E-state index contributed by atoms with van der Waals surface area (Å²) in [6.45, 7) is 5.06. The van der Waals surface area contributed by atoms with Crippen LogP contribution in [0.25, 0.3) is 5.65 Å². The number of rotatable bonds is 7. The zero-order valence-corrected chi connectivity index (χ0v) is 16.3. The van der Waals surface area contributed by atoms with Gasteiger partial charge in [0, 0.05) is 12.2 Å². The Morgan fingerprint density at radius 3 is 2.66 bits per heavy atom. The molecule has 2 aromatic heterocycles. The number of imidazole rings is 1. The second kappa shape index (κ2) is 8.54. The fraction of sp³-hybridized carbons (Fsp3) is 0.300. The highest BCUT2D eigenvalue weighted by Crippen LogP contribution is 2.26. The predicted molar refractivity (Wildman–Crippen MR) is 102 cm³/mol. The lowest BCUT2D eigenvalue weighted by molar-refractivity contribution is 0.0270. The van der Waals surface area contributed by atoms with E-state index >= 15 is 0 Å². The van der Waals surface area contributed by atoms with Gasteiger partial charge < -0.3 is 10.5 Å². The lowest BCUT2D eigenvalue weighted by Gasteiger charge is -2.11. The number of fused-ring (bicyclic) bond motifs is 1. The van der Waals surface area contributed by atoms with Crippen LogP contribution in [0, 0.1) is 25.5 Å². The number of hydrogen-bond acceptors (Lipinski definition) is 5. The molecule has 9 heteroatoms. The van der Waals surface area contributed by atoms with E-state index < -0.39 is 17.5 Å². The maximum Gasteiger partial charge on any atom is 0.293 e. The van der Waals surface area contributed by atoms with Gasteiger partial charge in [0.05, 0.1) is 17.9 Å². The first-order chi connectivity index (χ1) is 13.8. The van der Waals surface area contributed by atoms with Crippen LogP contribution >= 0.6 is 0 Å². The van der Waals surface area contributed by atoms with E-state index in [2.05, 4.69) is 10.5 Å². The molecule has 0 saturated heterocycles. The Morgan fingerprint density at radius 2 is 2.00 bits per heavy atom. The molecule has 3 aromatic rings. The molecular formula is C20H22F2N4O3. The van der Waals surface area contributed by atoms with E-state index in [4.69, 9.17) is 15.3 Å². The topological polar surface area (TPSA) is 90.9 Å². The van der Waals surface area contributed by atoms with Crippen LogP contribution in [0.15, 0.2) is 30.5 Å². The van der Waals surface area contributed by atoms with Crippen molar-refractivity contribution >= 4 is 11.6 Å². The number of amides is 1. The van der Waals surface area contributed by atoms with Crippen LogP contribution in [0.1, 0.15) is 34.2 Å². The zero-order chi connectivity index (χ0) is 21.1. The summed E-state index contributed by atoms with van der Waals surface area (Å²) in [5.41, 5.74) is 9.58. The van der Waals surface area contributed by atoms with Crippen molar-refractivity contribution in [1.29, 1.82) is 0 Å². The number of hydrogen-bond donors (Lipinski definition) is 2. The number of aryl methyl sites for hydroxylation is 2. The van der Waals surface area contributed by atoms with Crippen LogP contribution in [0.4, 0.5) is 8.78 Å². The van der Waals surface area contributed by atoms with E-state index in [9.17, 15) is 13.6 Å². The SMILES string of the molecule is Cc1cc(OCc2c(F)cccc2F)c2nc(C)c(C(=O)NOCC(C)N)n2c1. The third-order valence-electron chi connectivity index (χ3n) is 4.16. The molecule has 0 aliphatic heterocycles. The summed E-state index contributed by atoms with van der Waals surface area (Å²) in [5, 5.41) is 0. The number of pyridine rings is 1. The van der Waals surface area contributed by atoms with Gasteiger partial charge in [0.1, 0.15) is 23.9 Å².